The third kappa shape index (κ3) is 6.58. The molecule has 39 heavy (non-hydrogen) atoms. The number of hydrogen-bond acceptors (Lipinski definition) is 6. The number of phenols is 1. The fourth-order valence-corrected chi connectivity index (χ4v) is 4.15. The fourth-order valence-electron chi connectivity index (χ4n) is 4.15. The molecule has 0 unspecified atom stereocenters. The van der Waals surface area contributed by atoms with Crippen LogP contribution in [0, 0.1) is 11.8 Å². The fraction of sp³-hybridized carbons (Fsp3) is 0.226. The first-order valence-electron chi connectivity index (χ1n) is 12.5. The van der Waals surface area contributed by atoms with E-state index in [9.17, 15) is 19.8 Å². The van der Waals surface area contributed by atoms with Crippen molar-refractivity contribution in [3.8, 4) is 23.3 Å². The number of H-pyrrole nitrogens is 1. The zero-order valence-electron chi connectivity index (χ0n) is 21.9. The SMILES string of the molecule is COC(=O)c1ccc(O)c(C#Cc2ccc(OC(C)C)c(C(=O)N[C@@H](CO)Cc3c[nH]c4ccccc34)c2)c1. The van der Waals surface area contributed by atoms with E-state index in [-0.39, 0.29) is 35.2 Å². The molecule has 1 heterocycles. The second-order valence-electron chi connectivity index (χ2n) is 9.27. The summed E-state index contributed by atoms with van der Waals surface area (Å²) < 4.78 is 10.6. The Morgan fingerprint density at radius 2 is 1.85 bits per heavy atom. The number of rotatable bonds is 8. The number of para-hydroxylation sites is 1. The number of aromatic amines is 1. The Hall–Kier alpha value is -4.74. The molecule has 0 aliphatic rings. The summed E-state index contributed by atoms with van der Waals surface area (Å²) in [6.45, 7) is 3.47. The van der Waals surface area contributed by atoms with Gasteiger partial charge in [-0.2, -0.15) is 0 Å². The van der Waals surface area contributed by atoms with Crippen LogP contribution in [0.3, 0.4) is 0 Å². The third-order valence-electron chi connectivity index (χ3n) is 6.04. The van der Waals surface area contributed by atoms with Gasteiger partial charge in [-0.1, -0.05) is 30.0 Å². The van der Waals surface area contributed by atoms with Gasteiger partial charge in [0.25, 0.3) is 5.91 Å². The van der Waals surface area contributed by atoms with Crippen molar-refractivity contribution in [1.29, 1.82) is 0 Å². The largest absolute Gasteiger partial charge is 0.507 e. The highest BCUT2D eigenvalue weighted by atomic mass is 16.5. The molecule has 4 N–H and O–H groups in total. The lowest BCUT2D eigenvalue weighted by atomic mass is 10.0. The van der Waals surface area contributed by atoms with Crippen LogP contribution in [0.4, 0.5) is 0 Å². The minimum Gasteiger partial charge on any atom is -0.507 e. The topological polar surface area (TPSA) is 121 Å². The van der Waals surface area contributed by atoms with E-state index < -0.39 is 17.9 Å². The van der Waals surface area contributed by atoms with Crippen LogP contribution in [-0.2, 0) is 11.2 Å². The summed E-state index contributed by atoms with van der Waals surface area (Å²) in [5.74, 6) is 5.12. The Morgan fingerprint density at radius 3 is 2.59 bits per heavy atom. The zero-order chi connectivity index (χ0) is 27.9. The number of fused-ring (bicyclic) bond motifs is 1. The van der Waals surface area contributed by atoms with Crippen LogP contribution in [0.15, 0.2) is 66.9 Å². The number of nitrogens with one attached hydrogen (secondary N) is 2. The molecule has 8 heteroatoms. The number of carbonyl (C=O) groups is 2. The molecule has 0 radical (unpaired) electrons. The monoisotopic (exact) mass is 526 g/mol. The van der Waals surface area contributed by atoms with Crippen molar-refractivity contribution in [1.82, 2.24) is 10.3 Å². The summed E-state index contributed by atoms with van der Waals surface area (Å²) in [6, 6.07) is 16.5. The first-order valence-corrected chi connectivity index (χ1v) is 12.5. The van der Waals surface area contributed by atoms with Crippen molar-refractivity contribution >= 4 is 22.8 Å². The van der Waals surface area contributed by atoms with Gasteiger partial charge in [-0.15, -0.1) is 0 Å². The molecule has 1 atom stereocenters. The molecule has 0 fully saturated rings. The van der Waals surface area contributed by atoms with Crippen molar-refractivity contribution in [3.05, 3.63) is 94.7 Å². The second-order valence-corrected chi connectivity index (χ2v) is 9.27. The Kier molecular flexibility index (Phi) is 8.54. The normalized spacial score (nSPS) is 11.5. The van der Waals surface area contributed by atoms with E-state index in [1.165, 1.54) is 25.3 Å². The van der Waals surface area contributed by atoms with Crippen LogP contribution < -0.4 is 10.1 Å². The number of aromatic hydroxyl groups is 1. The van der Waals surface area contributed by atoms with E-state index in [1.54, 1.807) is 18.2 Å². The molecule has 1 amide bonds. The van der Waals surface area contributed by atoms with Gasteiger partial charge in [0.1, 0.15) is 11.5 Å². The Labute approximate surface area is 226 Å². The number of amides is 1. The maximum Gasteiger partial charge on any atom is 0.337 e. The quantitative estimate of drug-likeness (QED) is 0.202. The standard InChI is InChI=1S/C31H30N2O6/c1-19(2)39-29-13-9-20(8-10-21-15-22(31(37)38-3)11-12-28(21)35)14-26(29)30(36)33-24(18-34)16-23-17-32-27-7-5-4-6-25(23)27/h4-7,9,11-15,17,19,24,32,34-35H,16,18H2,1-3H3,(H,33,36)/t24-/m1/s1. The Balaban J connectivity index is 1.60. The highest BCUT2D eigenvalue weighted by Crippen LogP contribution is 2.24. The van der Waals surface area contributed by atoms with E-state index in [4.69, 9.17) is 9.47 Å². The minimum absolute atomic E-state index is 0.0871. The molecule has 0 aliphatic heterocycles. The van der Waals surface area contributed by atoms with Crippen LogP contribution in [0.5, 0.6) is 11.5 Å². The molecule has 0 saturated heterocycles. The second kappa shape index (κ2) is 12.2. The number of aliphatic hydroxyl groups excluding tert-OH is 1. The van der Waals surface area contributed by atoms with Crippen molar-refractivity contribution in [2.24, 2.45) is 0 Å². The molecule has 1 aromatic heterocycles. The van der Waals surface area contributed by atoms with Gasteiger partial charge in [0, 0.05) is 22.7 Å². The molecule has 4 aromatic rings. The van der Waals surface area contributed by atoms with E-state index >= 15 is 0 Å². The summed E-state index contributed by atoms with van der Waals surface area (Å²) >= 11 is 0. The van der Waals surface area contributed by atoms with Crippen LogP contribution in [0.1, 0.15) is 51.3 Å². The van der Waals surface area contributed by atoms with Gasteiger partial charge in [-0.3, -0.25) is 4.79 Å². The van der Waals surface area contributed by atoms with Gasteiger partial charge in [-0.05, 0) is 68.3 Å². The summed E-state index contributed by atoms with van der Waals surface area (Å²) in [5.41, 5.74) is 3.22. The van der Waals surface area contributed by atoms with E-state index in [1.807, 2.05) is 44.3 Å². The highest BCUT2D eigenvalue weighted by Gasteiger charge is 2.20. The molecule has 0 spiro atoms. The lowest BCUT2D eigenvalue weighted by Gasteiger charge is -2.19. The van der Waals surface area contributed by atoms with Gasteiger partial charge in [-0.25, -0.2) is 4.79 Å². The van der Waals surface area contributed by atoms with E-state index in [0.29, 0.717) is 17.7 Å². The van der Waals surface area contributed by atoms with E-state index in [0.717, 1.165) is 16.5 Å². The molecular weight excluding hydrogens is 496 g/mol. The van der Waals surface area contributed by atoms with Crippen LogP contribution in [-0.4, -0.2) is 52.9 Å². The van der Waals surface area contributed by atoms with Crippen LogP contribution in [0.2, 0.25) is 0 Å². The summed E-state index contributed by atoms with van der Waals surface area (Å²) in [6.07, 6.45) is 2.14. The van der Waals surface area contributed by atoms with Crippen molar-refractivity contribution < 1.29 is 29.3 Å². The Morgan fingerprint density at radius 1 is 1.05 bits per heavy atom. The number of carbonyl (C=O) groups excluding carboxylic acids is 2. The minimum atomic E-state index is -0.543. The van der Waals surface area contributed by atoms with Gasteiger partial charge in [0.2, 0.25) is 0 Å². The molecule has 0 bridgehead atoms. The van der Waals surface area contributed by atoms with Gasteiger partial charge >= 0.3 is 5.97 Å². The summed E-state index contributed by atoms with van der Waals surface area (Å²) in [5, 5.41) is 24.2. The molecule has 8 nitrogen and oxygen atoms in total. The average Bonchev–Trinajstić information content (AvgIpc) is 3.34. The van der Waals surface area contributed by atoms with Crippen molar-refractivity contribution in [3.63, 3.8) is 0 Å². The lowest BCUT2D eigenvalue weighted by Crippen LogP contribution is -2.39. The zero-order valence-corrected chi connectivity index (χ0v) is 21.9. The number of esters is 1. The van der Waals surface area contributed by atoms with E-state index in [2.05, 4.69) is 22.1 Å². The first-order chi connectivity index (χ1) is 18.8. The molecule has 0 saturated carbocycles. The Bertz CT molecular complexity index is 1560. The van der Waals surface area contributed by atoms with Gasteiger partial charge < -0.3 is 30.0 Å². The van der Waals surface area contributed by atoms with Crippen molar-refractivity contribution in [2.45, 2.75) is 32.4 Å². The lowest BCUT2D eigenvalue weighted by molar-refractivity contribution is 0.0600. The number of methoxy groups -OCH3 is 1. The smallest absolute Gasteiger partial charge is 0.337 e. The van der Waals surface area contributed by atoms with Gasteiger partial charge in [0.05, 0.1) is 42.6 Å². The van der Waals surface area contributed by atoms with Crippen LogP contribution >= 0.6 is 0 Å². The summed E-state index contributed by atoms with van der Waals surface area (Å²) in [4.78, 5) is 28.4. The number of hydrogen-bond donors (Lipinski definition) is 4. The maximum atomic E-state index is 13.4. The molecular formula is C31H30N2O6. The summed E-state index contributed by atoms with van der Waals surface area (Å²) in [7, 11) is 1.27. The predicted octanol–water partition coefficient (Wildman–Crippen LogP) is 4.18. The van der Waals surface area contributed by atoms with Gasteiger partial charge in [0.15, 0.2) is 0 Å². The van der Waals surface area contributed by atoms with Crippen LogP contribution in [0.25, 0.3) is 10.9 Å². The first kappa shape index (κ1) is 27.3. The predicted molar refractivity (Wildman–Crippen MR) is 148 cm³/mol. The number of aromatic nitrogens is 1. The number of ether oxygens (including phenoxy) is 2. The molecule has 3 aromatic carbocycles. The maximum absolute atomic E-state index is 13.4. The number of phenolic OH excluding ortho intramolecular Hbond substituents is 1. The molecule has 0 aliphatic carbocycles. The average molecular weight is 527 g/mol. The highest BCUT2D eigenvalue weighted by molar-refractivity contribution is 5.97. The third-order valence-corrected chi connectivity index (χ3v) is 6.04. The van der Waals surface area contributed by atoms with Crippen molar-refractivity contribution in [2.75, 3.05) is 13.7 Å². The number of benzene rings is 3. The molecule has 4 rings (SSSR count). The number of aliphatic hydroxyl groups is 1. The molecule has 200 valence electrons.